The van der Waals surface area contributed by atoms with Crippen LogP contribution in [0.3, 0.4) is 0 Å². The van der Waals surface area contributed by atoms with E-state index in [-0.39, 0.29) is 18.1 Å². The zero-order valence-corrected chi connectivity index (χ0v) is 16.3. The first-order valence-electron chi connectivity index (χ1n) is 9.82. The predicted octanol–water partition coefficient (Wildman–Crippen LogP) is 3.21. The molecule has 0 bridgehead atoms. The van der Waals surface area contributed by atoms with Crippen LogP contribution in [0.5, 0.6) is 5.75 Å². The summed E-state index contributed by atoms with van der Waals surface area (Å²) in [6, 6.07) is 18.6. The van der Waals surface area contributed by atoms with E-state index in [1.165, 1.54) is 11.1 Å². The second-order valence-corrected chi connectivity index (χ2v) is 8.01. The molecule has 0 aromatic heterocycles. The van der Waals surface area contributed by atoms with Gasteiger partial charge < -0.3 is 19.8 Å². The van der Waals surface area contributed by atoms with Crippen molar-refractivity contribution in [3.8, 4) is 5.75 Å². The van der Waals surface area contributed by atoms with Gasteiger partial charge in [-0.15, -0.1) is 0 Å². The molecule has 1 heterocycles. The van der Waals surface area contributed by atoms with Gasteiger partial charge in [0.2, 0.25) is 0 Å². The van der Waals surface area contributed by atoms with Crippen molar-refractivity contribution >= 4 is 0 Å². The monoisotopic (exact) mass is 369 g/mol. The molecule has 1 atom stereocenters. The highest BCUT2D eigenvalue weighted by molar-refractivity contribution is 5.39. The summed E-state index contributed by atoms with van der Waals surface area (Å²) in [5, 5.41) is 19.8. The van der Waals surface area contributed by atoms with E-state index in [0.29, 0.717) is 6.54 Å². The fourth-order valence-corrected chi connectivity index (χ4v) is 3.63. The Morgan fingerprint density at radius 2 is 1.59 bits per heavy atom. The molecule has 1 fully saturated rings. The maximum atomic E-state index is 10.2. The molecule has 2 N–H and O–H groups in total. The molecule has 27 heavy (non-hydrogen) atoms. The number of hydrogen-bond acceptors (Lipinski definition) is 4. The second-order valence-electron chi connectivity index (χ2n) is 8.01. The van der Waals surface area contributed by atoms with Crippen molar-refractivity contribution < 1.29 is 14.9 Å². The van der Waals surface area contributed by atoms with Crippen molar-refractivity contribution in [2.75, 3.05) is 26.2 Å². The van der Waals surface area contributed by atoms with Crippen LogP contribution in [0, 0.1) is 0 Å². The molecule has 1 aliphatic rings. The Morgan fingerprint density at radius 1 is 1.00 bits per heavy atom. The summed E-state index contributed by atoms with van der Waals surface area (Å²) in [6.45, 7) is 6.98. The van der Waals surface area contributed by atoms with Crippen LogP contribution in [0.2, 0.25) is 0 Å². The van der Waals surface area contributed by atoms with Gasteiger partial charge in [-0.1, -0.05) is 56.3 Å². The molecule has 3 rings (SSSR count). The molecule has 4 nitrogen and oxygen atoms in total. The van der Waals surface area contributed by atoms with Gasteiger partial charge in [0.15, 0.2) is 0 Å². The SMILES string of the molecule is CC(C)(c1ccccc1)c1ccc(OC[C@@H](O)CN2CCC(O)CC2)cc1. The lowest BCUT2D eigenvalue weighted by molar-refractivity contribution is 0.0337. The zero-order valence-electron chi connectivity index (χ0n) is 16.3. The average Bonchev–Trinajstić information content (AvgIpc) is 2.69. The topological polar surface area (TPSA) is 52.9 Å². The summed E-state index contributed by atoms with van der Waals surface area (Å²) in [4.78, 5) is 2.19. The van der Waals surface area contributed by atoms with E-state index < -0.39 is 6.10 Å². The number of piperidine rings is 1. The van der Waals surface area contributed by atoms with Crippen LogP contribution in [0.1, 0.15) is 37.8 Å². The molecule has 4 heteroatoms. The zero-order chi connectivity index (χ0) is 19.3. The van der Waals surface area contributed by atoms with Gasteiger partial charge >= 0.3 is 0 Å². The molecular weight excluding hydrogens is 338 g/mol. The Morgan fingerprint density at radius 3 is 2.22 bits per heavy atom. The van der Waals surface area contributed by atoms with E-state index in [2.05, 4.69) is 55.1 Å². The number of β-amino-alcohol motifs (C(OH)–C–C–N with tert-alkyl or cyclic N) is 1. The van der Waals surface area contributed by atoms with Gasteiger partial charge in [0.1, 0.15) is 18.5 Å². The van der Waals surface area contributed by atoms with Crippen LogP contribution in [0.15, 0.2) is 54.6 Å². The minimum absolute atomic E-state index is 0.0713. The van der Waals surface area contributed by atoms with Crippen molar-refractivity contribution in [2.24, 2.45) is 0 Å². The minimum atomic E-state index is -0.527. The quantitative estimate of drug-likeness (QED) is 0.787. The van der Waals surface area contributed by atoms with E-state index in [0.717, 1.165) is 31.7 Å². The van der Waals surface area contributed by atoms with Crippen LogP contribution < -0.4 is 4.74 Å². The summed E-state index contributed by atoms with van der Waals surface area (Å²) in [5.74, 6) is 0.774. The number of aliphatic hydroxyl groups is 2. The molecule has 0 amide bonds. The first-order valence-corrected chi connectivity index (χ1v) is 9.82. The predicted molar refractivity (Wildman–Crippen MR) is 108 cm³/mol. The third kappa shape index (κ3) is 5.32. The van der Waals surface area contributed by atoms with Crippen molar-refractivity contribution in [1.82, 2.24) is 4.90 Å². The lowest BCUT2D eigenvalue weighted by atomic mass is 9.78. The lowest BCUT2D eigenvalue weighted by Gasteiger charge is -2.31. The maximum Gasteiger partial charge on any atom is 0.119 e. The smallest absolute Gasteiger partial charge is 0.119 e. The molecule has 1 saturated heterocycles. The Labute approximate surface area is 162 Å². The molecule has 2 aromatic carbocycles. The number of hydrogen-bond donors (Lipinski definition) is 2. The van der Waals surface area contributed by atoms with Crippen molar-refractivity contribution in [3.63, 3.8) is 0 Å². The molecule has 0 spiro atoms. The Balaban J connectivity index is 1.52. The van der Waals surface area contributed by atoms with E-state index in [1.54, 1.807) is 0 Å². The first-order chi connectivity index (χ1) is 12.9. The van der Waals surface area contributed by atoms with E-state index in [1.807, 2.05) is 18.2 Å². The van der Waals surface area contributed by atoms with Crippen LogP contribution in [0.4, 0.5) is 0 Å². The average molecular weight is 370 g/mol. The number of likely N-dealkylation sites (tertiary alicyclic amines) is 1. The number of ether oxygens (including phenoxy) is 1. The number of benzene rings is 2. The molecule has 146 valence electrons. The molecular formula is C23H31NO3. The summed E-state index contributed by atoms with van der Waals surface area (Å²) < 4.78 is 5.78. The number of rotatable bonds is 7. The van der Waals surface area contributed by atoms with Gasteiger partial charge in [-0.3, -0.25) is 0 Å². The highest BCUT2D eigenvalue weighted by Gasteiger charge is 2.23. The fourth-order valence-electron chi connectivity index (χ4n) is 3.63. The number of nitrogens with zero attached hydrogens (tertiary/aromatic N) is 1. The Kier molecular flexibility index (Phi) is 6.53. The first kappa shape index (κ1) is 19.9. The Bertz CT molecular complexity index is 691. The van der Waals surface area contributed by atoms with Crippen molar-refractivity contribution in [3.05, 3.63) is 65.7 Å². The van der Waals surface area contributed by atoms with E-state index in [9.17, 15) is 10.2 Å². The summed E-state index contributed by atoms with van der Waals surface area (Å²) >= 11 is 0. The van der Waals surface area contributed by atoms with Crippen molar-refractivity contribution in [1.29, 1.82) is 0 Å². The fraction of sp³-hybridized carbons (Fsp3) is 0.478. The van der Waals surface area contributed by atoms with Gasteiger partial charge in [-0.25, -0.2) is 0 Å². The van der Waals surface area contributed by atoms with Crippen LogP contribution in [-0.4, -0.2) is 53.6 Å². The summed E-state index contributed by atoms with van der Waals surface area (Å²) in [7, 11) is 0. The molecule has 2 aromatic rings. The Hall–Kier alpha value is -1.88. The molecule has 0 radical (unpaired) electrons. The van der Waals surface area contributed by atoms with Gasteiger partial charge in [0.05, 0.1) is 6.10 Å². The van der Waals surface area contributed by atoms with E-state index in [4.69, 9.17) is 4.74 Å². The highest BCUT2D eigenvalue weighted by Crippen LogP contribution is 2.32. The van der Waals surface area contributed by atoms with Crippen molar-refractivity contribution in [2.45, 2.75) is 44.3 Å². The molecule has 0 aliphatic carbocycles. The lowest BCUT2D eigenvalue weighted by Crippen LogP contribution is -2.41. The highest BCUT2D eigenvalue weighted by atomic mass is 16.5. The maximum absolute atomic E-state index is 10.2. The van der Waals surface area contributed by atoms with Crippen LogP contribution in [0.25, 0.3) is 0 Å². The van der Waals surface area contributed by atoms with Gasteiger partial charge in [-0.2, -0.15) is 0 Å². The van der Waals surface area contributed by atoms with Crippen LogP contribution in [-0.2, 0) is 5.41 Å². The van der Waals surface area contributed by atoms with Gasteiger partial charge in [-0.05, 0) is 36.1 Å². The summed E-state index contributed by atoms with van der Waals surface area (Å²) in [6.07, 6.45) is 0.854. The second kappa shape index (κ2) is 8.87. The third-order valence-electron chi connectivity index (χ3n) is 5.54. The van der Waals surface area contributed by atoms with Gasteiger partial charge in [0, 0.05) is 25.0 Å². The number of aliphatic hydroxyl groups excluding tert-OH is 2. The van der Waals surface area contributed by atoms with E-state index >= 15 is 0 Å². The normalized spacial score (nSPS) is 17.6. The molecule has 0 saturated carbocycles. The summed E-state index contributed by atoms with van der Waals surface area (Å²) in [5.41, 5.74) is 2.44. The largest absolute Gasteiger partial charge is 0.491 e. The minimum Gasteiger partial charge on any atom is -0.491 e. The standard InChI is InChI=1S/C23H31NO3/c1-23(2,18-6-4-3-5-7-18)19-8-10-22(11-9-19)27-17-21(26)16-24-14-12-20(25)13-15-24/h3-11,20-21,25-26H,12-17H2,1-2H3/t21-/m0/s1. The van der Waals surface area contributed by atoms with Crippen LogP contribution >= 0.6 is 0 Å². The molecule has 1 aliphatic heterocycles. The van der Waals surface area contributed by atoms with Gasteiger partial charge in [0.25, 0.3) is 0 Å². The molecule has 0 unspecified atom stereocenters. The third-order valence-corrected chi connectivity index (χ3v) is 5.54.